The van der Waals surface area contributed by atoms with Gasteiger partial charge in [-0.1, -0.05) is 30.3 Å². The van der Waals surface area contributed by atoms with E-state index in [4.69, 9.17) is 0 Å². The van der Waals surface area contributed by atoms with Gasteiger partial charge in [0.1, 0.15) is 0 Å². The van der Waals surface area contributed by atoms with Gasteiger partial charge in [0.15, 0.2) is 0 Å². The second-order valence-corrected chi connectivity index (χ2v) is 7.96. The molecule has 3 heterocycles. The summed E-state index contributed by atoms with van der Waals surface area (Å²) < 4.78 is 0. The number of likely N-dealkylation sites (N-methyl/N-ethyl adjacent to an activating group) is 1. The van der Waals surface area contributed by atoms with Crippen LogP contribution in [0.2, 0.25) is 0 Å². The number of rotatable bonds is 3. The number of halogens is 1. The third-order valence-electron chi connectivity index (χ3n) is 6.12. The number of amides is 1. The molecule has 0 radical (unpaired) electrons. The number of nitrogens with zero attached hydrogens (tertiary/aromatic N) is 2. The lowest BCUT2D eigenvalue weighted by atomic mass is 9.88. The van der Waals surface area contributed by atoms with Gasteiger partial charge < -0.3 is 15.1 Å². The van der Waals surface area contributed by atoms with E-state index in [1.54, 1.807) is 0 Å². The fourth-order valence-corrected chi connectivity index (χ4v) is 4.88. The van der Waals surface area contributed by atoms with Crippen LogP contribution in [0.25, 0.3) is 0 Å². The highest BCUT2D eigenvalue weighted by molar-refractivity contribution is 5.85. The molecule has 1 aromatic rings. The molecule has 1 N–H and O–H groups in total. The molecular formula is C20H30ClN3O. The van der Waals surface area contributed by atoms with E-state index in [9.17, 15) is 4.79 Å². The lowest BCUT2D eigenvalue weighted by Gasteiger charge is -2.41. The minimum absolute atomic E-state index is 0. The van der Waals surface area contributed by atoms with Crippen molar-refractivity contribution in [1.82, 2.24) is 15.1 Å². The topological polar surface area (TPSA) is 35.6 Å². The molecule has 3 unspecified atom stereocenters. The van der Waals surface area contributed by atoms with Crippen molar-refractivity contribution in [1.29, 1.82) is 0 Å². The highest BCUT2D eigenvalue weighted by Gasteiger charge is 2.36. The standard InChI is InChI=1S/C20H29N3O.ClH/c1-22-9-10-23(19(14-22)16-5-3-2-4-6-16)20(24)13-15-11-17-7-8-18(12-15)21-17;/h2-6,15,17-19,21H,7-14H2,1H3;1H. The molecule has 1 amide bonds. The van der Waals surface area contributed by atoms with Crippen LogP contribution in [0.4, 0.5) is 0 Å². The normalized spacial score (nSPS) is 32.3. The van der Waals surface area contributed by atoms with Crippen molar-refractivity contribution >= 4 is 18.3 Å². The summed E-state index contributed by atoms with van der Waals surface area (Å²) in [4.78, 5) is 17.6. The Morgan fingerprint density at radius 3 is 2.48 bits per heavy atom. The van der Waals surface area contributed by atoms with Crippen LogP contribution in [0.3, 0.4) is 0 Å². The fourth-order valence-electron chi connectivity index (χ4n) is 4.88. The van der Waals surface area contributed by atoms with Gasteiger partial charge in [-0.2, -0.15) is 0 Å². The van der Waals surface area contributed by atoms with Gasteiger partial charge in [0.05, 0.1) is 6.04 Å². The van der Waals surface area contributed by atoms with Crippen LogP contribution in [0, 0.1) is 5.92 Å². The summed E-state index contributed by atoms with van der Waals surface area (Å²) in [5.74, 6) is 0.940. The second kappa shape index (κ2) is 8.07. The Morgan fingerprint density at radius 1 is 1.12 bits per heavy atom. The van der Waals surface area contributed by atoms with E-state index in [-0.39, 0.29) is 18.4 Å². The van der Waals surface area contributed by atoms with Crippen LogP contribution in [0.5, 0.6) is 0 Å². The van der Waals surface area contributed by atoms with E-state index in [1.165, 1.54) is 31.2 Å². The van der Waals surface area contributed by atoms with Crippen molar-refractivity contribution in [2.24, 2.45) is 5.92 Å². The zero-order valence-corrected chi connectivity index (χ0v) is 15.9. The van der Waals surface area contributed by atoms with E-state index in [2.05, 4.69) is 46.4 Å². The predicted molar refractivity (Wildman–Crippen MR) is 103 cm³/mol. The molecule has 4 rings (SSSR count). The number of benzene rings is 1. The molecule has 0 spiro atoms. The van der Waals surface area contributed by atoms with Crippen molar-refractivity contribution in [3.05, 3.63) is 35.9 Å². The average Bonchev–Trinajstić information content (AvgIpc) is 2.94. The molecule has 0 saturated carbocycles. The molecule has 0 aliphatic carbocycles. The molecule has 1 aromatic carbocycles. The molecule has 2 bridgehead atoms. The SMILES string of the molecule is CN1CCN(C(=O)CC2CC3CCC(C2)N3)C(c2ccccc2)C1.Cl. The number of carbonyl (C=O) groups is 1. The number of fused-ring (bicyclic) bond motifs is 2. The largest absolute Gasteiger partial charge is 0.333 e. The van der Waals surface area contributed by atoms with Crippen LogP contribution in [-0.2, 0) is 4.79 Å². The number of piperazine rings is 1. The average molecular weight is 364 g/mol. The van der Waals surface area contributed by atoms with Gasteiger partial charge in [0.25, 0.3) is 0 Å². The summed E-state index contributed by atoms with van der Waals surface area (Å²) in [6.07, 6.45) is 5.71. The van der Waals surface area contributed by atoms with Crippen molar-refractivity contribution < 1.29 is 4.79 Å². The second-order valence-electron chi connectivity index (χ2n) is 7.96. The molecule has 3 atom stereocenters. The summed E-state index contributed by atoms with van der Waals surface area (Å²) in [5.41, 5.74) is 1.27. The molecule has 3 aliphatic heterocycles. The molecule has 3 aliphatic rings. The van der Waals surface area contributed by atoms with E-state index in [0.717, 1.165) is 26.1 Å². The lowest BCUT2D eigenvalue weighted by Crippen LogP contribution is -2.50. The third-order valence-corrected chi connectivity index (χ3v) is 6.12. The number of hydrogen-bond acceptors (Lipinski definition) is 3. The minimum Gasteiger partial charge on any atom is -0.333 e. The number of carbonyl (C=O) groups excluding carboxylic acids is 1. The van der Waals surface area contributed by atoms with Crippen molar-refractivity contribution in [2.75, 3.05) is 26.7 Å². The number of piperidine rings is 1. The lowest BCUT2D eigenvalue weighted by molar-refractivity contribution is -0.137. The fraction of sp³-hybridized carbons (Fsp3) is 0.650. The number of nitrogens with one attached hydrogen (secondary N) is 1. The first-order valence-electron chi connectivity index (χ1n) is 9.48. The Balaban J connectivity index is 0.00000182. The first-order valence-corrected chi connectivity index (χ1v) is 9.48. The molecule has 25 heavy (non-hydrogen) atoms. The summed E-state index contributed by atoms with van der Waals surface area (Å²) in [5, 5.41) is 3.68. The highest BCUT2D eigenvalue weighted by atomic mass is 35.5. The Bertz CT molecular complexity index is 570. The third kappa shape index (κ3) is 4.18. The summed E-state index contributed by atoms with van der Waals surface area (Å²) in [6, 6.07) is 12.1. The number of hydrogen-bond donors (Lipinski definition) is 1. The minimum atomic E-state index is 0. The van der Waals surface area contributed by atoms with E-state index >= 15 is 0 Å². The molecule has 5 heteroatoms. The van der Waals surface area contributed by atoms with Gasteiger partial charge in [-0.3, -0.25) is 4.79 Å². The Labute approximate surface area is 157 Å². The van der Waals surface area contributed by atoms with Gasteiger partial charge in [-0.25, -0.2) is 0 Å². The van der Waals surface area contributed by atoms with Crippen LogP contribution in [0.15, 0.2) is 30.3 Å². The van der Waals surface area contributed by atoms with E-state index in [1.807, 2.05) is 6.07 Å². The molecule has 138 valence electrons. The quantitative estimate of drug-likeness (QED) is 0.897. The molecule has 4 nitrogen and oxygen atoms in total. The summed E-state index contributed by atoms with van der Waals surface area (Å²) in [6.45, 7) is 2.77. The van der Waals surface area contributed by atoms with Gasteiger partial charge in [0.2, 0.25) is 5.91 Å². The van der Waals surface area contributed by atoms with Crippen LogP contribution < -0.4 is 5.32 Å². The summed E-state index contributed by atoms with van der Waals surface area (Å²) >= 11 is 0. The summed E-state index contributed by atoms with van der Waals surface area (Å²) in [7, 11) is 2.16. The van der Waals surface area contributed by atoms with Crippen molar-refractivity contribution in [3.63, 3.8) is 0 Å². The van der Waals surface area contributed by atoms with E-state index < -0.39 is 0 Å². The first kappa shape index (κ1) is 18.7. The van der Waals surface area contributed by atoms with Gasteiger partial charge in [-0.15, -0.1) is 12.4 Å². The van der Waals surface area contributed by atoms with Gasteiger partial charge >= 0.3 is 0 Å². The molecule has 3 fully saturated rings. The monoisotopic (exact) mass is 363 g/mol. The van der Waals surface area contributed by atoms with Crippen LogP contribution in [0.1, 0.15) is 43.7 Å². The van der Waals surface area contributed by atoms with E-state index in [0.29, 0.717) is 23.9 Å². The Kier molecular flexibility index (Phi) is 6.03. The van der Waals surface area contributed by atoms with Gasteiger partial charge in [-0.05, 0) is 44.2 Å². The van der Waals surface area contributed by atoms with Gasteiger partial charge in [0, 0.05) is 38.1 Å². The molecule has 0 aromatic heterocycles. The molecule has 3 saturated heterocycles. The zero-order valence-electron chi connectivity index (χ0n) is 15.1. The maximum absolute atomic E-state index is 13.1. The maximum Gasteiger partial charge on any atom is 0.223 e. The van der Waals surface area contributed by atoms with Crippen LogP contribution in [-0.4, -0.2) is 54.5 Å². The Hall–Kier alpha value is -1.10. The van der Waals surface area contributed by atoms with Crippen LogP contribution >= 0.6 is 12.4 Å². The highest BCUT2D eigenvalue weighted by Crippen LogP contribution is 2.34. The first-order chi connectivity index (χ1) is 11.7. The van der Waals surface area contributed by atoms with Crippen molar-refractivity contribution in [2.45, 2.75) is 50.2 Å². The Morgan fingerprint density at radius 2 is 1.80 bits per heavy atom. The smallest absolute Gasteiger partial charge is 0.223 e. The zero-order chi connectivity index (χ0) is 16.5. The molecular weight excluding hydrogens is 334 g/mol. The van der Waals surface area contributed by atoms with Crippen molar-refractivity contribution in [3.8, 4) is 0 Å². The predicted octanol–water partition coefficient (Wildman–Crippen LogP) is 2.84. The maximum atomic E-state index is 13.1.